The monoisotopic (exact) mass is 318 g/mol. The first kappa shape index (κ1) is 16.4. The number of hydrogen-bond donors (Lipinski definition) is 0. The highest BCUT2D eigenvalue weighted by atomic mass is 19.1. The van der Waals surface area contributed by atoms with Crippen molar-refractivity contribution in [2.45, 2.75) is 33.1 Å². The fourth-order valence-electron chi connectivity index (χ4n) is 3.00. The van der Waals surface area contributed by atoms with Crippen molar-refractivity contribution in [3.05, 3.63) is 94.8 Å². The molecular weight excluding hydrogens is 295 g/mol. The lowest BCUT2D eigenvalue weighted by molar-refractivity contribution is 0.670. The van der Waals surface area contributed by atoms with Gasteiger partial charge in [0, 0.05) is 5.57 Å². The van der Waals surface area contributed by atoms with Crippen LogP contribution in [0.1, 0.15) is 42.0 Å². The van der Waals surface area contributed by atoms with Crippen molar-refractivity contribution in [3.63, 3.8) is 0 Å². The molecule has 0 saturated heterocycles. The Morgan fingerprint density at radius 1 is 0.875 bits per heavy atom. The highest BCUT2D eigenvalue weighted by molar-refractivity contribution is 5.83. The zero-order valence-electron chi connectivity index (χ0n) is 14.4. The van der Waals surface area contributed by atoms with E-state index in [2.05, 4.69) is 31.2 Å². The van der Waals surface area contributed by atoms with E-state index in [1.54, 1.807) is 6.08 Å². The number of benzene rings is 2. The fraction of sp³-hybridized carbons (Fsp3) is 0.217. The van der Waals surface area contributed by atoms with Crippen LogP contribution >= 0.6 is 0 Å². The van der Waals surface area contributed by atoms with Gasteiger partial charge in [0.25, 0.3) is 0 Å². The minimum absolute atomic E-state index is 0.146. The lowest BCUT2D eigenvalue weighted by Crippen LogP contribution is -1.86. The number of halogens is 1. The summed E-state index contributed by atoms with van der Waals surface area (Å²) in [6, 6.07) is 16.6. The maximum Gasteiger partial charge on any atom is 0.127 e. The van der Waals surface area contributed by atoms with Crippen LogP contribution in [0.25, 0.3) is 11.1 Å². The molecule has 0 aliphatic heterocycles. The quantitative estimate of drug-likeness (QED) is 0.590. The van der Waals surface area contributed by atoms with Crippen LogP contribution in [0.4, 0.5) is 4.39 Å². The topological polar surface area (TPSA) is 0 Å². The summed E-state index contributed by atoms with van der Waals surface area (Å²) in [6.45, 7) is 4.23. The Morgan fingerprint density at radius 2 is 1.54 bits per heavy atom. The van der Waals surface area contributed by atoms with Gasteiger partial charge in [-0.2, -0.15) is 0 Å². The molecule has 0 saturated carbocycles. The van der Waals surface area contributed by atoms with Crippen LogP contribution in [0.15, 0.2) is 72.6 Å². The van der Waals surface area contributed by atoms with Gasteiger partial charge in [0.2, 0.25) is 0 Å². The molecule has 1 heteroatoms. The smallest absolute Gasteiger partial charge is 0.127 e. The average molecular weight is 318 g/mol. The van der Waals surface area contributed by atoms with E-state index < -0.39 is 0 Å². The van der Waals surface area contributed by atoms with Gasteiger partial charge in [-0.1, -0.05) is 79.6 Å². The van der Waals surface area contributed by atoms with Gasteiger partial charge in [0.05, 0.1) is 0 Å². The zero-order chi connectivity index (χ0) is 16.9. The minimum atomic E-state index is -0.146. The molecule has 0 heterocycles. The minimum Gasteiger partial charge on any atom is -0.207 e. The second kappa shape index (κ2) is 7.44. The van der Waals surface area contributed by atoms with Crippen LogP contribution < -0.4 is 0 Å². The molecule has 0 fully saturated rings. The van der Waals surface area contributed by atoms with Crippen LogP contribution in [0, 0.1) is 6.92 Å². The van der Waals surface area contributed by atoms with E-state index >= 15 is 0 Å². The van der Waals surface area contributed by atoms with Crippen LogP contribution in [0.5, 0.6) is 0 Å². The molecule has 0 atom stereocenters. The molecule has 1 aliphatic rings. The molecule has 0 bridgehead atoms. The summed E-state index contributed by atoms with van der Waals surface area (Å²) in [4.78, 5) is 0. The summed E-state index contributed by atoms with van der Waals surface area (Å²) in [6.07, 6.45) is 8.51. The maximum absolute atomic E-state index is 14.5. The second-order valence-electron chi connectivity index (χ2n) is 6.34. The van der Waals surface area contributed by atoms with Gasteiger partial charge in [-0.25, -0.2) is 4.39 Å². The molecule has 0 aromatic heterocycles. The molecule has 2 aromatic carbocycles. The SMILES string of the molecule is CCCc1ccc(C2=CC=C(c3ccc(C)cc3)C(F)=CC2)cc1. The van der Waals surface area contributed by atoms with E-state index in [4.69, 9.17) is 0 Å². The fourth-order valence-corrected chi connectivity index (χ4v) is 3.00. The third kappa shape index (κ3) is 3.73. The molecule has 1 aliphatic carbocycles. The Bertz CT molecular complexity index is 787. The van der Waals surface area contributed by atoms with Crippen molar-refractivity contribution < 1.29 is 4.39 Å². The molecule has 0 unspecified atom stereocenters. The summed E-state index contributed by atoms with van der Waals surface area (Å²) in [7, 11) is 0. The molecule has 3 rings (SSSR count). The Balaban J connectivity index is 1.90. The first-order valence-electron chi connectivity index (χ1n) is 8.60. The summed E-state index contributed by atoms with van der Waals surface area (Å²) < 4.78 is 14.5. The third-order valence-electron chi connectivity index (χ3n) is 4.44. The van der Waals surface area contributed by atoms with E-state index in [0.29, 0.717) is 12.0 Å². The largest absolute Gasteiger partial charge is 0.207 e. The van der Waals surface area contributed by atoms with Crippen LogP contribution in [0.3, 0.4) is 0 Å². The van der Waals surface area contributed by atoms with Crippen LogP contribution in [-0.2, 0) is 6.42 Å². The Labute approximate surface area is 144 Å². The van der Waals surface area contributed by atoms with Gasteiger partial charge >= 0.3 is 0 Å². The molecule has 24 heavy (non-hydrogen) atoms. The normalized spacial score (nSPS) is 14.5. The van der Waals surface area contributed by atoms with Crippen molar-refractivity contribution in [1.82, 2.24) is 0 Å². The molecule has 0 nitrogen and oxygen atoms in total. The van der Waals surface area contributed by atoms with Crippen LogP contribution in [-0.4, -0.2) is 0 Å². The standard InChI is InChI=1S/C23H23F/c1-3-4-18-7-11-19(12-8-18)20-13-15-22(23(24)16-14-20)21-9-5-17(2)6-10-21/h5-13,15-16H,3-4,14H2,1-2H3. The summed E-state index contributed by atoms with van der Waals surface area (Å²) >= 11 is 0. The molecule has 0 radical (unpaired) electrons. The molecule has 0 amide bonds. The highest BCUT2D eigenvalue weighted by Crippen LogP contribution is 2.31. The first-order valence-corrected chi connectivity index (χ1v) is 8.60. The second-order valence-corrected chi connectivity index (χ2v) is 6.34. The Morgan fingerprint density at radius 3 is 2.21 bits per heavy atom. The van der Waals surface area contributed by atoms with E-state index in [-0.39, 0.29) is 5.83 Å². The number of rotatable bonds is 4. The van der Waals surface area contributed by atoms with E-state index in [0.717, 1.165) is 24.0 Å². The Hall–Kier alpha value is -2.41. The summed E-state index contributed by atoms with van der Waals surface area (Å²) in [5.41, 5.74) is 6.43. The number of aryl methyl sites for hydroxylation is 2. The van der Waals surface area contributed by atoms with Crippen molar-refractivity contribution in [1.29, 1.82) is 0 Å². The van der Waals surface area contributed by atoms with Crippen molar-refractivity contribution >= 4 is 11.1 Å². The molecule has 0 spiro atoms. The predicted molar refractivity (Wildman–Crippen MR) is 101 cm³/mol. The maximum atomic E-state index is 14.5. The van der Waals surface area contributed by atoms with Crippen molar-refractivity contribution in [2.75, 3.05) is 0 Å². The Kier molecular flexibility index (Phi) is 5.10. The van der Waals surface area contributed by atoms with Gasteiger partial charge in [-0.15, -0.1) is 0 Å². The lowest BCUT2D eigenvalue weighted by Gasteiger charge is -2.05. The van der Waals surface area contributed by atoms with Gasteiger partial charge in [0.15, 0.2) is 0 Å². The van der Waals surface area contributed by atoms with Crippen molar-refractivity contribution in [3.8, 4) is 0 Å². The summed E-state index contributed by atoms with van der Waals surface area (Å²) in [5.74, 6) is -0.146. The predicted octanol–water partition coefficient (Wildman–Crippen LogP) is 6.67. The van der Waals surface area contributed by atoms with Gasteiger partial charge in [0.1, 0.15) is 5.83 Å². The molecule has 122 valence electrons. The van der Waals surface area contributed by atoms with Gasteiger partial charge in [-0.05, 0) is 48.1 Å². The number of allylic oxidation sites excluding steroid dienone is 6. The van der Waals surface area contributed by atoms with Gasteiger partial charge in [-0.3, -0.25) is 0 Å². The van der Waals surface area contributed by atoms with Gasteiger partial charge < -0.3 is 0 Å². The van der Waals surface area contributed by atoms with E-state index in [1.165, 1.54) is 16.7 Å². The highest BCUT2D eigenvalue weighted by Gasteiger charge is 2.11. The average Bonchev–Trinajstić information content (AvgIpc) is 2.79. The van der Waals surface area contributed by atoms with E-state index in [1.807, 2.05) is 43.3 Å². The molecule has 2 aromatic rings. The van der Waals surface area contributed by atoms with Crippen LogP contribution in [0.2, 0.25) is 0 Å². The zero-order valence-corrected chi connectivity index (χ0v) is 14.4. The third-order valence-corrected chi connectivity index (χ3v) is 4.44. The number of hydrogen-bond acceptors (Lipinski definition) is 0. The van der Waals surface area contributed by atoms with E-state index in [9.17, 15) is 4.39 Å². The molecule has 0 N–H and O–H groups in total. The first-order chi connectivity index (χ1) is 11.7. The van der Waals surface area contributed by atoms with Crippen molar-refractivity contribution in [2.24, 2.45) is 0 Å². The lowest BCUT2D eigenvalue weighted by atomic mass is 10.00. The molecular formula is C23H23F. The summed E-state index contributed by atoms with van der Waals surface area (Å²) in [5, 5.41) is 0.